The Balaban J connectivity index is 2.33. The summed E-state index contributed by atoms with van der Waals surface area (Å²) in [6.45, 7) is 0. The van der Waals surface area contributed by atoms with Gasteiger partial charge in [0, 0.05) is 5.69 Å². The SMILES string of the molecule is COc1cccc(OC)c1C(=O)Nc1cccc(F)c1. The Morgan fingerprint density at radius 1 is 1.05 bits per heavy atom. The number of ether oxygens (including phenoxy) is 2. The monoisotopic (exact) mass is 275 g/mol. The van der Waals surface area contributed by atoms with E-state index in [1.165, 1.54) is 32.4 Å². The van der Waals surface area contributed by atoms with Gasteiger partial charge in [0.2, 0.25) is 0 Å². The maximum Gasteiger partial charge on any atom is 0.263 e. The fraction of sp³-hybridized carbons (Fsp3) is 0.133. The highest BCUT2D eigenvalue weighted by molar-refractivity contribution is 6.08. The zero-order valence-corrected chi connectivity index (χ0v) is 11.1. The van der Waals surface area contributed by atoms with Crippen LogP contribution in [0.3, 0.4) is 0 Å². The van der Waals surface area contributed by atoms with E-state index in [0.29, 0.717) is 17.2 Å². The first-order valence-corrected chi connectivity index (χ1v) is 5.93. The molecule has 0 saturated carbocycles. The second-order valence-corrected chi connectivity index (χ2v) is 4.00. The highest BCUT2D eigenvalue weighted by Gasteiger charge is 2.18. The van der Waals surface area contributed by atoms with Crippen molar-refractivity contribution in [2.24, 2.45) is 0 Å². The van der Waals surface area contributed by atoms with Crippen molar-refractivity contribution in [3.05, 3.63) is 53.8 Å². The Morgan fingerprint density at radius 3 is 2.20 bits per heavy atom. The Labute approximate surface area is 116 Å². The van der Waals surface area contributed by atoms with Crippen LogP contribution in [-0.4, -0.2) is 20.1 Å². The summed E-state index contributed by atoms with van der Waals surface area (Å²) in [5, 5.41) is 2.61. The van der Waals surface area contributed by atoms with Crippen LogP contribution in [0.2, 0.25) is 0 Å². The number of rotatable bonds is 4. The largest absolute Gasteiger partial charge is 0.496 e. The van der Waals surface area contributed by atoms with E-state index in [1.807, 2.05) is 0 Å². The normalized spacial score (nSPS) is 9.95. The molecular weight excluding hydrogens is 261 g/mol. The Morgan fingerprint density at radius 2 is 1.65 bits per heavy atom. The molecule has 0 aliphatic heterocycles. The highest BCUT2D eigenvalue weighted by Crippen LogP contribution is 2.29. The molecule has 5 heteroatoms. The zero-order valence-electron chi connectivity index (χ0n) is 11.1. The van der Waals surface area contributed by atoms with E-state index in [1.54, 1.807) is 24.3 Å². The molecule has 2 aromatic rings. The standard InChI is InChI=1S/C15H14FNO3/c1-19-12-7-4-8-13(20-2)14(12)15(18)17-11-6-3-5-10(16)9-11/h3-9H,1-2H3,(H,17,18). The van der Waals surface area contributed by atoms with Crippen LogP contribution in [0, 0.1) is 5.82 Å². The van der Waals surface area contributed by atoms with Crippen molar-refractivity contribution in [3.63, 3.8) is 0 Å². The number of hydrogen-bond donors (Lipinski definition) is 1. The molecule has 0 radical (unpaired) electrons. The van der Waals surface area contributed by atoms with Crippen molar-refractivity contribution in [1.82, 2.24) is 0 Å². The molecule has 1 N–H and O–H groups in total. The van der Waals surface area contributed by atoms with E-state index >= 15 is 0 Å². The predicted octanol–water partition coefficient (Wildman–Crippen LogP) is 3.10. The number of halogens is 1. The summed E-state index contributed by atoms with van der Waals surface area (Å²) in [6.07, 6.45) is 0. The van der Waals surface area contributed by atoms with Crippen LogP contribution in [0.15, 0.2) is 42.5 Å². The van der Waals surface area contributed by atoms with Gasteiger partial charge in [0.1, 0.15) is 22.9 Å². The van der Waals surface area contributed by atoms with Gasteiger partial charge in [-0.1, -0.05) is 12.1 Å². The molecule has 0 spiro atoms. The third kappa shape index (κ3) is 2.88. The van der Waals surface area contributed by atoms with Gasteiger partial charge in [-0.15, -0.1) is 0 Å². The average molecular weight is 275 g/mol. The minimum absolute atomic E-state index is 0.266. The molecule has 0 aromatic heterocycles. The quantitative estimate of drug-likeness (QED) is 0.932. The van der Waals surface area contributed by atoms with Crippen molar-refractivity contribution in [3.8, 4) is 11.5 Å². The Bertz CT molecular complexity index is 606. The average Bonchev–Trinajstić information content (AvgIpc) is 2.46. The maximum atomic E-state index is 13.1. The summed E-state index contributed by atoms with van der Waals surface area (Å²) in [6, 6.07) is 10.7. The Hall–Kier alpha value is -2.56. The number of anilines is 1. The first kappa shape index (κ1) is 13.9. The third-order valence-electron chi connectivity index (χ3n) is 2.74. The zero-order chi connectivity index (χ0) is 14.5. The van der Waals surface area contributed by atoms with Crippen molar-refractivity contribution in [2.75, 3.05) is 19.5 Å². The maximum absolute atomic E-state index is 13.1. The fourth-order valence-electron chi connectivity index (χ4n) is 1.83. The molecule has 4 nitrogen and oxygen atoms in total. The van der Waals surface area contributed by atoms with E-state index in [9.17, 15) is 9.18 Å². The summed E-state index contributed by atoms with van der Waals surface area (Å²) >= 11 is 0. The molecule has 0 aliphatic carbocycles. The lowest BCUT2D eigenvalue weighted by Crippen LogP contribution is -2.14. The topological polar surface area (TPSA) is 47.6 Å². The molecule has 0 saturated heterocycles. The number of carbonyl (C=O) groups excluding carboxylic acids is 1. The molecule has 1 amide bonds. The number of carbonyl (C=O) groups is 1. The van der Waals surface area contributed by atoms with Gasteiger partial charge in [0.05, 0.1) is 14.2 Å². The van der Waals surface area contributed by atoms with Crippen LogP contribution >= 0.6 is 0 Å². The van der Waals surface area contributed by atoms with Gasteiger partial charge in [-0.25, -0.2) is 4.39 Å². The summed E-state index contributed by atoms with van der Waals surface area (Å²) in [4.78, 5) is 12.3. The molecule has 0 bridgehead atoms. The minimum Gasteiger partial charge on any atom is -0.496 e. The lowest BCUT2D eigenvalue weighted by Gasteiger charge is -2.13. The van der Waals surface area contributed by atoms with Gasteiger partial charge in [0.15, 0.2) is 0 Å². The van der Waals surface area contributed by atoms with Crippen LogP contribution in [0.1, 0.15) is 10.4 Å². The van der Waals surface area contributed by atoms with Crippen molar-refractivity contribution < 1.29 is 18.7 Å². The number of amides is 1. The van der Waals surface area contributed by atoms with Gasteiger partial charge >= 0.3 is 0 Å². The van der Waals surface area contributed by atoms with E-state index in [2.05, 4.69) is 5.32 Å². The predicted molar refractivity (Wildman–Crippen MR) is 73.9 cm³/mol. The van der Waals surface area contributed by atoms with E-state index in [4.69, 9.17) is 9.47 Å². The van der Waals surface area contributed by atoms with Gasteiger partial charge in [-0.05, 0) is 30.3 Å². The molecular formula is C15H14FNO3. The molecule has 0 fully saturated rings. The molecule has 2 rings (SSSR count). The smallest absolute Gasteiger partial charge is 0.263 e. The van der Waals surface area contributed by atoms with E-state index < -0.39 is 11.7 Å². The second-order valence-electron chi connectivity index (χ2n) is 4.00. The van der Waals surface area contributed by atoms with Gasteiger partial charge in [-0.3, -0.25) is 4.79 Å². The Kier molecular flexibility index (Phi) is 4.20. The van der Waals surface area contributed by atoms with Crippen LogP contribution in [0.5, 0.6) is 11.5 Å². The first-order valence-electron chi connectivity index (χ1n) is 5.93. The summed E-state index contributed by atoms with van der Waals surface area (Å²) in [5.41, 5.74) is 0.629. The lowest BCUT2D eigenvalue weighted by atomic mass is 10.1. The lowest BCUT2D eigenvalue weighted by molar-refractivity contribution is 0.102. The summed E-state index contributed by atoms with van der Waals surface area (Å²) in [7, 11) is 2.93. The molecule has 0 atom stereocenters. The van der Waals surface area contributed by atoms with E-state index in [0.717, 1.165) is 0 Å². The van der Waals surface area contributed by atoms with Crippen LogP contribution in [0.25, 0.3) is 0 Å². The first-order chi connectivity index (χ1) is 9.65. The van der Waals surface area contributed by atoms with Crippen LogP contribution in [-0.2, 0) is 0 Å². The highest BCUT2D eigenvalue weighted by atomic mass is 19.1. The molecule has 0 aliphatic rings. The molecule has 0 unspecified atom stereocenters. The number of methoxy groups -OCH3 is 2. The minimum atomic E-state index is -0.426. The van der Waals surface area contributed by atoms with Crippen LogP contribution in [0.4, 0.5) is 10.1 Å². The third-order valence-corrected chi connectivity index (χ3v) is 2.74. The van der Waals surface area contributed by atoms with Crippen molar-refractivity contribution >= 4 is 11.6 Å². The summed E-state index contributed by atoms with van der Waals surface area (Å²) in [5.74, 6) is -0.0730. The van der Waals surface area contributed by atoms with Gasteiger partial charge < -0.3 is 14.8 Å². The molecule has 0 heterocycles. The number of hydrogen-bond acceptors (Lipinski definition) is 3. The molecule has 20 heavy (non-hydrogen) atoms. The summed E-state index contributed by atoms with van der Waals surface area (Å²) < 4.78 is 23.4. The molecule has 2 aromatic carbocycles. The fourth-order valence-corrected chi connectivity index (χ4v) is 1.83. The number of nitrogens with one attached hydrogen (secondary N) is 1. The van der Waals surface area contributed by atoms with Crippen molar-refractivity contribution in [2.45, 2.75) is 0 Å². The molecule has 104 valence electrons. The van der Waals surface area contributed by atoms with Gasteiger partial charge in [0.25, 0.3) is 5.91 Å². The van der Waals surface area contributed by atoms with Crippen LogP contribution < -0.4 is 14.8 Å². The van der Waals surface area contributed by atoms with E-state index in [-0.39, 0.29) is 5.56 Å². The number of benzene rings is 2. The van der Waals surface area contributed by atoms with Gasteiger partial charge in [-0.2, -0.15) is 0 Å². The second kappa shape index (κ2) is 6.06. The van der Waals surface area contributed by atoms with Crippen molar-refractivity contribution in [1.29, 1.82) is 0 Å².